The van der Waals surface area contributed by atoms with E-state index in [1.165, 1.54) is 0 Å². The maximum atomic E-state index is 11.8. The maximum absolute atomic E-state index is 11.8. The number of urea groups is 1. The summed E-state index contributed by atoms with van der Waals surface area (Å²) >= 11 is 0. The number of anilines is 1. The predicted molar refractivity (Wildman–Crippen MR) is 82.6 cm³/mol. The number of benzene rings is 1. The van der Waals surface area contributed by atoms with Gasteiger partial charge in [-0.15, -0.1) is 0 Å². The number of hydrogen-bond donors (Lipinski definition) is 3. The van der Waals surface area contributed by atoms with Gasteiger partial charge in [-0.1, -0.05) is 25.1 Å². The highest BCUT2D eigenvalue weighted by atomic mass is 16.4. The summed E-state index contributed by atoms with van der Waals surface area (Å²) < 4.78 is 0. The van der Waals surface area contributed by atoms with E-state index in [9.17, 15) is 9.59 Å². The topological polar surface area (TPSA) is 81.7 Å². The third-order valence-electron chi connectivity index (χ3n) is 3.19. The molecule has 0 aliphatic carbocycles. The van der Waals surface area contributed by atoms with Crippen LogP contribution in [0.4, 0.5) is 10.5 Å². The van der Waals surface area contributed by atoms with Crippen molar-refractivity contribution in [2.75, 3.05) is 32.0 Å². The molecule has 0 aromatic heterocycles. The Morgan fingerprint density at radius 3 is 2.67 bits per heavy atom. The number of amides is 2. The van der Waals surface area contributed by atoms with Gasteiger partial charge >= 0.3 is 12.0 Å². The zero-order valence-corrected chi connectivity index (χ0v) is 12.6. The summed E-state index contributed by atoms with van der Waals surface area (Å²) in [6, 6.07) is 6.96. The van der Waals surface area contributed by atoms with Gasteiger partial charge in [0.2, 0.25) is 0 Å². The molecule has 1 rings (SSSR count). The molecular formula is C15H23N3O3. The lowest BCUT2D eigenvalue weighted by atomic mass is 10.1. The minimum absolute atomic E-state index is 0.0433. The number of carboxylic acids is 1. The minimum atomic E-state index is -0.850. The molecule has 0 aliphatic rings. The Balaban J connectivity index is 2.49. The maximum Gasteiger partial charge on any atom is 0.319 e. The monoisotopic (exact) mass is 293 g/mol. The lowest BCUT2D eigenvalue weighted by Crippen LogP contribution is -2.35. The second-order valence-corrected chi connectivity index (χ2v) is 4.83. The van der Waals surface area contributed by atoms with E-state index in [4.69, 9.17) is 5.11 Å². The number of aliphatic carboxylic acids is 1. The molecule has 0 unspecified atom stereocenters. The van der Waals surface area contributed by atoms with Crippen molar-refractivity contribution in [3.05, 3.63) is 29.8 Å². The van der Waals surface area contributed by atoms with Crippen LogP contribution in [0.1, 0.15) is 18.9 Å². The molecule has 1 aromatic rings. The lowest BCUT2D eigenvalue weighted by Gasteiger charge is -2.15. The Hall–Kier alpha value is -2.08. The Morgan fingerprint density at radius 2 is 2.00 bits per heavy atom. The van der Waals surface area contributed by atoms with Crippen molar-refractivity contribution in [3.8, 4) is 0 Å². The van der Waals surface area contributed by atoms with E-state index < -0.39 is 5.97 Å². The van der Waals surface area contributed by atoms with E-state index >= 15 is 0 Å². The highest BCUT2D eigenvalue weighted by Crippen LogP contribution is 2.16. The summed E-state index contributed by atoms with van der Waals surface area (Å²) in [5.74, 6) is -0.850. The van der Waals surface area contributed by atoms with E-state index in [2.05, 4.69) is 22.5 Å². The molecule has 6 nitrogen and oxygen atoms in total. The average molecular weight is 293 g/mol. The van der Waals surface area contributed by atoms with Gasteiger partial charge in [-0.05, 0) is 31.6 Å². The van der Waals surface area contributed by atoms with E-state index in [-0.39, 0.29) is 12.5 Å². The Kier molecular flexibility index (Phi) is 7.25. The Bertz CT molecular complexity index is 477. The van der Waals surface area contributed by atoms with Crippen molar-refractivity contribution in [2.45, 2.75) is 19.8 Å². The third kappa shape index (κ3) is 6.76. The van der Waals surface area contributed by atoms with Gasteiger partial charge in [-0.3, -0.25) is 4.79 Å². The third-order valence-corrected chi connectivity index (χ3v) is 3.19. The second-order valence-electron chi connectivity index (χ2n) is 4.83. The molecular weight excluding hydrogens is 270 g/mol. The zero-order valence-electron chi connectivity index (χ0n) is 12.6. The number of rotatable bonds is 8. The summed E-state index contributed by atoms with van der Waals surface area (Å²) in [4.78, 5) is 24.5. The minimum Gasteiger partial charge on any atom is -0.481 e. The van der Waals surface area contributed by atoms with Crippen LogP contribution < -0.4 is 10.6 Å². The van der Waals surface area contributed by atoms with Gasteiger partial charge in [0.1, 0.15) is 0 Å². The van der Waals surface area contributed by atoms with Crippen LogP contribution in [0.3, 0.4) is 0 Å². The molecule has 0 aliphatic heterocycles. The number of nitrogens with zero attached hydrogens (tertiary/aromatic N) is 1. The van der Waals surface area contributed by atoms with Crippen LogP contribution in [-0.4, -0.2) is 48.7 Å². The van der Waals surface area contributed by atoms with E-state index in [1.807, 2.05) is 25.2 Å². The molecule has 0 spiro atoms. The van der Waals surface area contributed by atoms with Crippen LogP contribution >= 0.6 is 0 Å². The fraction of sp³-hybridized carbons (Fsp3) is 0.467. The SMILES string of the molecule is CCN(C)CCNC(=O)Nc1ccccc1CCC(=O)O. The van der Waals surface area contributed by atoms with E-state index in [1.54, 1.807) is 6.07 Å². The number of carbonyl (C=O) groups excluding carboxylic acids is 1. The van der Waals surface area contributed by atoms with Crippen molar-refractivity contribution in [1.29, 1.82) is 0 Å². The largest absolute Gasteiger partial charge is 0.481 e. The van der Waals surface area contributed by atoms with Crippen molar-refractivity contribution >= 4 is 17.7 Å². The number of carboxylic acid groups (broad SMARTS) is 1. The molecule has 0 fully saturated rings. The van der Waals surface area contributed by atoms with Gasteiger partial charge in [-0.25, -0.2) is 4.79 Å². The molecule has 2 amide bonds. The number of nitrogens with one attached hydrogen (secondary N) is 2. The predicted octanol–water partition coefficient (Wildman–Crippen LogP) is 1.78. The second kappa shape index (κ2) is 8.97. The average Bonchev–Trinajstić information content (AvgIpc) is 2.46. The molecule has 0 saturated heterocycles. The summed E-state index contributed by atoms with van der Waals surface area (Å²) in [6.45, 7) is 4.33. The van der Waals surface area contributed by atoms with Crippen LogP contribution in [0.2, 0.25) is 0 Å². The van der Waals surface area contributed by atoms with E-state index in [0.717, 1.165) is 18.7 Å². The van der Waals surface area contributed by atoms with Crippen LogP contribution in [0.5, 0.6) is 0 Å². The molecule has 0 saturated carbocycles. The van der Waals surface area contributed by atoms with Crippen LogP contribution in [-0.2, 0) is 11.2 Å². The normalized spacial score (nSPS) is 10.4. The van der Waals surface area contributed by atoms with Gasteiger partial charge in [0, 0.05) is 25.2 Å². The number of para-hydroxylation sites is 1. The van der Waals surface area contributed by atoms with E-state index in [0.29, 0.717) is 18.7 Å². The van der Waals surface area contributed by atoms with Crippen molar-refractivity contribution in [1.82, 2.24) is 10.2 Å². The highest BCUT2D eigenvalue weighted by molar-refractivity contribution is 5.90. The first-order valence-electron chi connectivity index (χ1n) is 7.06. The van der Waals surface area contributed by atoms with Crippen LogP contribution in [0.25, 0.3) is 0 Å². The molecule has 6 heteroatoms. The van der Waals surface area contributed by atoms with Gasteiger partial charge in [-0.2, -0.15) is 0 Å². The van der Waals surface area contributed by atoms with Crippen molar-refractivity contribution in [2.24, 2.45) is 0 Å². The fourth-order valence-electron chi connectivity index (χ4n) is 1.79. The molecule has 21 heavy (non-hydrogen) atoms. The molecule has 3 N–H and O–H groups in total. The summed E-state index contributed by atoms with van der Waals surface area (Å²) in [5.41, 5.74) is 1.47. The standard InChI is InChI=1S/C15H23N3O3/c1-3-18(2)11-10-16-15(21)17-13-7-5-4-6-12(13)8-9-14(19)20/h4-7H,3,8-11H2,1-2H3,(H,19,20)(H2,16,17,21). The molecule has 0 bridgehead atoms. The first kappa shape index (κ1) is 17.0. The number of aryl methyl sites for hydroxylation is 1. The summed E-state index contributed by atoms with van der Waals surface area (Å²) in [7, 11) is 1.99. The first-order chi connectivity index (χ1) is 10.0. The quantitative estimate of drug-likeness (QED) is 0.682. The molecule has 0 atom stereocenters. The summed E-state index contributed by atoms with van der Waals surface area (Å²) in [6.07, 6.45) is 0.436. The lowest BCUT2D eigenvalue weighted by molar-refractivity contribution is -0.136. The van der Waals surface area contributed by atoms with Crippen molar-refractivity contribution < 1.29 is 14.7 Å². The first-order valence-corrected chi connectivity index (χ1v) is 7.06. The Labute approximate surface area is 125 Å². The number of likely N-dealkylation sites (N-methyl/N-ethyl adjacent to an activating group) is 1. The summed E-state index contributed by atoms with van der Waals surface area (Å²) in [5, 5.41) is 14.3. The smallest absolute Gasteiger partial charge is 0.319 e. The van der Waals surface area contributed by atoms with Crippen LogP contribution in [0.15, 0.2) is 24.3 Å². The number of hydrogen-bond acceptors (Lipinski definition) is 3. The van der Waals surface area contributed by atoms with Gasteiger partial charge in [0.05, 0.1) is 0 Å². The van der Waals surface area contributed by atoms with Gasteiger partial charge < -0.3 is 20.6 Å². The fourth-order valence-corrected chi connectivity index (χ4v) is 1.79. The molecule has 0 heterocycles. The van der Waals surface area contributed by atoms with Crippen molar-refractivity contribution in [3.63, 3.8) is 0 Å². The molecule has 116 valence electrons. The van der Waals surface area contributed by atoms with Gasteiger partial charge in [0.15, 0.2) is 0 Å². The van der Waals surface area contributed by atoms with Gasteiger partial charge in [0.25, 0.3) is 0 Å². The zero-order chi connectivity index (χ0) is 15.7. The Morgan fingerprint density at radius 1 is 1.29 bits per heavy atom. The molecule has 0 radical (unpaired) electrons. The molecule has 1 aromatic carbocycles. The van der Waals surface area contributed by atoms with Crippen LogP contribution in [0, 0.1) is 0 Å². The number of carbonyl (C=O) groups is 2. The highest BCUT2D eigenvalue weighted by Gasteiger charge is 2.07.